The fourth-order valence-corrected chi connectivity index (χ4v) is 7.56. The van der Waals surface area contributed by atoms with Gasteiger partial charge in [0.1, 0.15) is 0 Å². The van der Waals surface area contributed by atoms with Crippen LogP contribution in [0.5, 0.6) is 0 Å². The quantitative estimate of drug-likeness (QED) is 0.0619. The van der Waals surface area contributed by atoms with Gasteiger partial charge in [-0.15, -0.1) is 0 Å². The van der Waals surface area contributed by atoms with E-state index in [1.54, 1.807) is 0 Å². The zero-order valence-electron chi connectivity index (χ0n) is 34.1. The second kappa shape index (κ2) is 24.6. The third-order valence-corrected chi connectivity index (χ3v) is 10.9. The predicted molar refractivity (Wildman–Crippen MR) is 229 cm³/mol. The molecule has 3 atom stereocenters. The van der Waals surface area contributed by atoms with Gasteiger partial charge in [0, 0.05) is 31.6 Å². The monoisotopic (exact) mass is 762 g/mol. The van der Waals surface area contributed by atoms with Gasteiger partial charge in [0.25, 0.3) is 0 Å². The lowest BCUT2D eigenvalue weighted by atomic mass is 9.98. The lowest BCUT2D eigenvalue weighted by Crippen LogP contribution is -2.40. The fraction of sp³-hybridized carbons (Fsp3) is 0.490. The number of benzene rings is 4. The number of ether oxygens (including phenoxy) is 2. The second-order valence-electron chi connectivity index (χ2n) is 15.5. The first kappa shape index (κ1) is 43.1. The minimum absolute atomic E-state index is 0.0296. The van der Waals surface area contributed by atoms with Crippen LogP contribution < -0.4 is 10.6 Å². The summed E-state index contributed by atoms with van der Waals surface area (Å²) in [5, 5.41) is 15.6. The van der Waals surface area contributed by atoms with Crippen LogP contribution >= 0.6 is 0 Å². The Morgan fingerprint density at radius 3 is 1.86 bits per heavy atom. The summed E-state index contributed by atoms with van der Waals surface area (Å²) in [4.78, 5) is 15.1. The highest BCUT2D eigenvalue weighted by Crippen LogP contribution is 2.39. The molecule has 5 rings (SSSR count). The van der Waals surface area contributed by atoms with E-state index in [0.29, 0.717) is 13.1 Å². The average molecular weight is 762 g/mol. The Bertz CT molecular complexity index is 1650. The van der Waals surface area contributed by atoms with Crippen LogP contribution in [0.3, 0.4) is 0 Å². The van der Waals surface area contributed by atoms with Gasteiger partial charge in [-0.3, -0.25) is 0 Å². The number of carbonyl (C=O) groups excluding carboxylic acids is 1. The van der Waals surface area contributed by atoms with E-state index in [1.807, 2.05) is 54.6 Å². The lowest BCUT2D eigenvalue weighted by Gasteiger charge is -2.38. The maximum absolute atomic E-state index is 12.5. The van der Waals surface area contributed by atoms with Crippen molar-refractivity contribution in [2.45, 2.75) is 136 Å². The number of nitrogens with one attached hydrogen (secondary N) is 2. The number of nitrogens with zero attached hydrogens (tertiary/aromatic N) is 1. The Kier molecular flexibility index (Phi) is 18.9. The molecule has 56 heavy (non-hydrogen) atoms. The van der Waals surface area contributed by atoms with Crippen molar-refractivity contribution in [3.8, 4) is 11.1 Å². The summed E-state index contributed by atoms with van der Waals surface area (Å²) in [7, 11) is 0. The molecule has 1 fully saturated rings. The van der Waals surface area contributed by atoms with Gasteiger partial charge in [-0.2, -0.15) is 0 Å². The van der Waals surface area contributed by atoms with Gasteiger partial charge in [-0.1, -0.05) is 175 Å². The van der Waals surface area contributed by atoms with E-state index in [1.165, 1.54) is 77.0 Å². The highest BCUT2D eigenvalue weighted by molar-refractivity contribution is 5.74. The van der Waals surface area contributed by atoms with E-state index in [4.69, 9.17) is 9.47 Å². The smallest absolute Gasteiger partial charge is 0.315 e. The van der Waals surface area contributed by atoms with Crippen molar-refractivity contribution in [2.24, 2.45) is 0 Å². The molecule has 7 nitrogen and oxygen atoms in total. The van der Waals surface area contributed by atoms with Crippen LogP contribution in [0, 0.1) is 0 Å². The number of urea groups is 1. The molecule has 1 aliphatic rings. The number of hydrogen-bond acceptors (Lipinski definition) is 5. The van der Waals surface area contributed by atoms with Crippen LogP contribution in [0.4, 0.5) is 4.79 Å². The number of rotatable bonds is 24. The van der Waals surface area contributed by atoms with Crippen LogP contribution in [0.25, 0.3) is 11.1 Å². The summed E-state index contributed by atoms with van der Waals surface area (Å²) in [6, 6.07) is 34.7. The third-order valence-electron chi connectivity index (χ3n) is 10.9. The van der Waals surface area contributed by atoms with Crippen LogP contribution in [0.15, 0.2) is 103 Å². The molecule has 302 valence electrons. The number of unbranched alkanes of at least 4 members (excludes halogenated alkanes) is 10. The van der Waals surface area contributed by atoms with Gasteiger partial charge in [0.15, 0.2) is 6.29 Å². The maximum atomic E-state index is 12.5. The van der Waals surface area contributed by atoms with E-state index >= 15 is 0 Å². The van der Waals surface area contributed by atoms with Crippen molar-refractivity contribution in [2.75, 3.05) is 19.6 Å². The molecule has 3 unspecified atom stereocenters. The molecule has 4 aromatic carbocycles. The average Bonchev–Trinajstić information content (AvgIpc) is 3.25. The van der Waals surface area contributed by atoms with E-state index in [2.05, 4.69) is 77.9 Å². The molecule has 1 saturated heterocycles. The van der Waals surface area contributed by atoms with Gasteiger partial charge in [-0.05, 0) is 65.4 Å². The molecular formula is C49H67N3O4. The van der Waals surface area contributed by atoms with Gasteiger partial charge >= 0.3 is 6.03 Å². The maximum Gasteiger partial charge on any atom is 0.315 e. The van der Waals surface area contributed by atoms with E-state index in [-0.39, 0.29) is 24.8 Å². The van der Waals surface area contributed by atoms with E-state index in [0.717, 1.165) is 65.0 Å². The molecule has 0 aliphatic carbocycles. The van der Waals surface area contributed by atoms with Crippen molar-refractivity contribution < 1.29 is 19.4 Å². The summed E-state index contributed by atoms with van der Waals surface area (Å²) in [6.07, 6.45) is 15.8. The largest absolute Gasteiger partial charge is 0.392 e. The minimum Gasteiger partial charge on any atom is -0.392 e. The van der Waals surface area contributed by atoms with Gasteiger partial charge in [-0.25, -0.2) is 4.79 Å². The normalized spacial score (nSPS) is 16.9. The first-order chi connectivity index (χ1) is 27.5. The van der Waals surface area contributed by atoms with E-state index in [9.17, 15) is 9.90 Å². The highest BCUT2D eigenvalue weighted by Gasteiger charge is 2.33. The molecule has 3 N–H and O–H groups in total. The zero-order chi connectivity index (χ0) is 39.2. The summed E-state index contributed by atoms with van der Waals surface area (Å²) in [5.41, 5.74) is 7.30. The van der Waals surface area contributed by atoms with Crippen molar-refractivity contribution in [3.63, 3.8) is 0 Å². The summed E-state index contributed by atoms with van der Waals surface area (Å²) >= 11 is 0. The van der Waals surface area contributed by atoms with Crippen molar-refractivity contribution >= 4 is 6.03 Å². The highest BCUT2D eigenvalue weighted by atomic mass is 16.7. The van der Waals surface area contributed by atoms with Crippen LogP contribution in [-0.4, -0.2) is 41.8 Å². The molecule has 0 aromatic heterocycles. The summed E-state index contributed by atoms with van der Waals surface area (Å²) in [5.74, 6) is 0. The number of carbonyl (C=O) groups is 1. The molecular weight excluding hydrogens is 695 g/mol. The molecule has 4 aromatic rings. The number of aliphatic hydroxyl groups excluding tert-OH is 1. The van der Waals surface area contributed by atoms with Crippen LogP contribution in [0.1, 0.15) is 138 Å². The van der Waals surface area contributed by atoms with Crippen molar-refractivity contribution in [3.05, 3.63) is 131 Å². The molecule has 1 aliphatic heterocycles. The summed E-state index contributed by atoms with van der Waals surface area (Å²) < 4.78 is 13.6. The first-order valence-electron chi connectivity index (χ1n) is 21.5. The van der Waals surface area contributed by atoms with Gasteiger partial charge in [0.05, 0.1) is 18.8 Å². The van der Waals surface area contributed by atoms with Gasteiger partial charge in [0.2, 0.25) is 0 Å². The number of aliphatic hydroxyl groups is 1. The van der Waals surface area contributed by atoms with Crippen molar-refractivity contribution in [1.82, 2.24) is 15.5 Å². The Labute approximate surface area is 337 Å². The number of amides is 2. The molecule has 0 bridgehead atoms. The first-order valence-corrected chi connectivity index (χ1v) is 21.5. The summed E-state index contributed by atoms with van der Waals surface area (Å²) in [6.45, 7) is 8.65. The molecule has 2 amide bonds. The zero-order valence-corrected chi connectivity index (χ0v) is 34.1. The molecule has 0 spiro atoms. The molecule has 1 heterocycles. The Hall–Kier alpha value is -4.01. The lowest BCUT2D eigenvalue weighted by molar-refractivity contribution is -0.253. The van der Waals surface area contributed by atoms with E-state index < -0.39 is 6.29 Å². The van der Waals surface area contributed by atoms with Gasteiger partial charge < -0.3 is 30.1 Å². The molecule has 0 saturated carbocycles. The number of hydrogen-bond donors (Lipinski definition) is 3. The van der Waals surface area contributed by atoms with Crippen molar-refractivity contribution in [1.29, 1.82) is 0 Å². The standard InChI is InChI=1S/C49H67N3O4/c1-3-5-7-9-11-16-31-52(32-17-12-10-8-6-4-2)37-46-34-47(43-25-23-40(38-53)24-26-43)56-48(55-46)44-29-27-42(28-30-44)45-22-18-21-41(33-45)36-51-49(54)50-35-39-19-14-13-15-20-39/h13-15,18-30,33,46-48,53H,3-12,16-17,31-32,34-38H2,1-2H3,(H2,50,51,54). The third kappa shape index (κ3) is 14.8. The second-order valence-corrected chi connectivity index (χ2v) is 15.5. The SMILES string of the molecule is CCCCCCCCN(CCCCCCCC)CC1CC(c2ccc(CO)cc2)OC(c2ccc(-c3cccc(CNC(=O)NCc4ccccc4)c3)cc2)O1. The Balaban J connectivity index is 1.24. The topological polar surface area (TPSA) is 83.1 Å². The van der Waals surface area contributed by atoms with Crippen LogP contribution in [-0.2, 0) is 29.2 Å². The fourth-order valence-electron chi connectivity index (χ4n) is 7.56. The predicted octanol–water partition coefficient (Wildman–Crippen LogP) is 11.4. The Morgan fingerprint density at radius 1 is 0.625 bits per heavy atom. The Morgan fingerprint density at radius 2 is 1.21 bits per heavy atom. The minimum atomic E-state index is -0.486. The van der Waals surface area contributed by atoms with Crippen LogP contribution in [0.2, 0.25) is 0 Å². The molecule has 0 radical (unpaired) electrons. The molecule has 7 heteroatoms.